The minimum absolute atomic E-state index is 0.0796. The van der Waals surface area contributed by atoms with E-state index in [1.807, 2.05) is 36.9 Å². The van der Waals surface area contributed by atoms with Gasteiger partial charge in [-0.3, -0.25) is 4.79 Å². The zero-order valence-electron chi connectivity index (χ0n) is 13.6. The van der Waals surface area contributed by atoms with Crippen LogP contribution in [0.2, 0.25) is 24.7 Å². The molecule has 0 saturated heterocycles. The Hall–Kier alpha value is -0.916. The molecule has 0 N–H and O–H groups in total. The number of rotatable bonds is 4. The van der Waals surface area contributed by atoms with Crippen LogP contribution in [0.25, 0.3) is 0 Å². The second-order valence-corrected chi connectivity index (χ2v) is 14.8. The van der Waals surface area contributed by atoms with Gasteiger partial charge in [0.15, 0.2) is 8.32 Å². The van der Waals surface area contributed by atoms with Crippen molar-refractivity contribution in [2.24, 2.45) is 0 Å². The molecule has 0 aromatic heterocycles. The Kier molecular flexibility index (Phi) is 5.00. The van der Waals surface area contributed by atoms with Gasteiger partial charge >= 0.3 is 8.56 Å². The number of hydrogen-bond acceptors (Lipinski definition) is 3. The van der Waals surface area contributed by atoms with Gasteiger partial charge in [-0.2, -0.15) is 0 Å². The summed E-state index contributed by atoms with van der Waals surface area (Å²) in [5.41, 5.74) is 0. The molecule has 0 amide bonds. The first-order valence-corrected chi connectivity index (χ1v) is 12.2. The van der Waals surface area contributed by atoms with Gasteiger partial charge in [0.1, 0.15) is 0 Å². The van der Waals surface area contributed by atoms with E-state index in [1.165, 1.54) is 6.92 Å². The van der Waals surface area contributed by atoms with Gasteiger partial charge in [-0.15, -0.1) is 0 Å². The summed E-state index contributed by atoms with van der Waals surface area (Å²) in [4.78, 5) is 11.5. The average Bonchev–Trinajstić information content (AvgIpc) is 2.26. The summed E-state index contributed by atoms with van der Waals surface area (Å²) in [5, 5.41) is 1.08. The third-order valence-electron chi connectivity index (χ3n) is 3.89. The molecule has 1 aromatic carbocycles. The zero-order valence-corrected chi connectivity index (χ0v) is 15.6. The van der Waals surface area contributed by atoms with Crippen molar-refractivity contribution in [2.75, 3.05) is 0 Å². The third-order valence-corrected chi connectivity index (χ3v) is 13.2. The van der Waals surface area contributed by atoms with Crippen LogP contribution in [0, 0.1) is 0 Å². The fourth-order valence-electron chi connectivity index (χ4n) is 1.79. The standard InChI is InChI=1S/C15H26O3Si2/c1-13(16)17-20(7,14-11-9-8-10-12-14)18-19(5,6)15(2,3)4/h8-12H,1-7H3. The lowest BCUT2D eigenvalue weighted by Gasteiger charge is -2.42. The van der Waals surface area contributed by atoms with Crippen LogP contribution in [0.5, 0.6) is 0 Å². The van der Waals surface area contributed by atoms with Crippen molar-refractivity contribution in [1.29, 1.82) is 0 Å². The molecule has 3 nitrogen and oxygen atoms in total. The molecule has 20 heavy (non-hydrogen) atoms. The normalized spacial score (nSPS) is 15.6. The highest BCUT2D eigenvalue weighted by molar-refractivity contribution is 6.91. The minimum Gasteiger partial charge on any atom is -0.491 e. The lowest BCUT2D eigenvalue weighted by Crippen LogP contribution is -2.60. The topological polar surface area (TPSA) is 35.5 Å². The summed E-state index contributed by atoms with van der Waals surface area (Å²) in [6.07, 6.45) is 0. The smallest absolute Gasteiger partial charge is 0.422 e. The molecule has 0 bridgehead atoms. The first kappa shape index (κ1) is 17.1. The predicted octanol–water partition coefficient (Wildman–Crippen LogP) is 3.55. The molecule has 0 aliphatic heterocycles. The summed E-state index contributed by atoms with van der Waals surface area (Å²) >= 11 is 0. The second-order valence-electron chi connectivity index (χ2n) is 6.77. The van der Waals surface area contributed by atoms with E-state index in [4.69, 9.17) is 8.54 Å². The monoisotopic (exact) mass is 310 g/mol. The number of carbonyl (C=O) groups is 1. The number of carbonyl (C=O) groups excluding carboxylic acids is 1. The van der Waals surface area contributed by atoms with Crippen LogP contribution in [-0.4, -0.2) is 22.8 Å². The van der Waals surface area contributed by atoms with Crippen LogP contribution in [0.4, 0.5) is 0 Å². The van der Waals surface area contributed by atoms with Gasteiger partial charge in [0, 0.05) is 12.1 Å². The molecule has 0 heterocycles. The quantitative estimate of drug-likeness (QED) is 0.798. The van der Waals surface area contributed by atoms with Crippen LogP contribution >= 0.6 is 0 Å². The summed E-state index contributed by atoms with van der Waals surface area (Å²) < 4.78 is 12.2. The van der Waals surface area contributed by atoms with E-state index < -0.39 is 16.9 Å². The van der Waals surface area contributed by atoms with E-state index in [0.717, 1.165) is 5.19 Å². The lowest BCUT2D eigenvalue weighted by atomic mass is 10.2. The zero-order chi connectivity index (χ0) is 15.6. The van der Waals surface area contributed by atoms with Crippen molar-refractivity contribution in [2.45, 2.75) is 52.4 Å². The van der Waals surface area contributed by atoms with Crippen LogP contribution < -0.4 is 5.19 Å². The molecule has 112 valence electrons. The molecule has 0 spiro atoms. The fraction of sp³-hybridized carbons (Fsp3) is 0.533. The Bertz CT molecular complexity index is 466. The predicted molar refractivity (Wildman–Crippen MR) is 87.7 cm³/mol. The Morgan fingerprint density at radius 2 is 1.55 bits per heavy atom. The Morgan fingerprint density at radius 3 is 1.95 bits per heavy atom. The molecular weight excluding hydrogens is 284 g/mol. The van der Waals surface area contributed by atoms with E-state index in [-0.39, 0.29) is 11.0 Å². The lowest BCUT2D eigenvalue weighted by molar-refractivity contribution is -0.133. The molecule has 0 fully saturated rings. The SMILES string of the molecule is CC(=O)O[Si](C)(O[Si](C)(C)C(C)(C)C)c1ccccc1. The van der Waals surface area contributed by atoms with Crippen molar-refractivity contribution in [1.82, 2.24) is 0 Å². The largest absolute Gasteiger partial charge is 0.491 e. The molecule has 1 aromatic rings. The molecule has 0 radical (unpaired) electrons. The van der Waals surface area contributed by atoms with Gasteiger partial charge in [-0.05, 0) is 24.7 Å². The summed E-state index contributed by atoms with van der Waals surface area (Å²) in [6, 6.07) is 9.85. The molecule has 5 heteroatoms. The van der Waals surface area contributed by atoms with Crippen molar-refractivity contribution >= 4 is 28.0 Å². The summed E-state index contributed by atoms with van der Waals surface area (Å²) in [5.74, 6) is -0.276. The van der Waals surface area contributed by atoms with E-state index in [2.05, 4.69) is 33.9 Å². The highest BCUT2D eigenvalue weighted by Crippen LogP contribution is 2.38. The molecule has 1 atom stereocenters. The van der Waals surface area contributed by atoms with Crippen LogP contribution in [0.3, 0.4) is 0 Å². The Balaban J connectivity index is 3.17. The highest BCUT2D eigenvalue weighted by atomic mass is 28.4. The third kappa shape index (κ3) is 4.04. The maximum atomic E-state index is 11.5. The Morgan fingerprint density at radius 1 is 1.05 bits per heavy atom. The fourth-order valence-corrected chi connectivity index (χ4v) is 9.02. The van der Waals surface area contributed by atoms with Gasteiger partial charge in [-0.25, -0.2) is 0 Å². The molecule has 1 rings (SSSR count). The van der Waals surface area contributed by atoms with E-state index in [0.29, 0.717) is 0 Å². The first-order chi connectivity index (χ1) is 8.98. The highest BCUT2D eigenvalue weighted by Gasteiger charge is 2.48. The van der Waals surface area contributed by atoms with Crippen molar-refractivity contribution in [3.05, 3.63) is 30.3 Å². The summed E-state index contributed by atoms with van der Waals surface area (Å²) in [7, 11) is -4.73. The van der Waals surface area contributed by atoms with Crippen molar-refractivity contribution in [3.63, 3.8) is 0 Å². The average molecular weight is 311 g/mol. The number of benzene rings is 1. The van der Waals surface area contributed by atoms with Gasteiger partial charge in [0.25, 0.3) is 5.97 Å². The molecule has 0 aliphatic carbocycles. The molecular formula is C15H26O3Si2. The van der Waals surface area contributed by atoms with E-state index in [1.54, 1.807) is 0 Å². The maximum absolute atomic E-state index is 11.5. The van der Waals surface area contributed by atoms with Crippen molar-refractivity contribution < 1.29 is 13.3 Å². The van der Waals surface area contributed by atoms with E-state index in [9.17, 15) is 4.79 Å². The first-order valence-electron chi connectivity index (χ1n) is 6.93. The van der Waals surface area contributed by atoms with Crippen molar-refractivity contribution in [3.8, 4) is 0 Å². The van der Waals surface area contributed by atoms with Gasteiger partial charge in [-0.1, -0.05) is 51.1 Å². The molecule has 1 unspecified atom stereocenters. The maximum Gasteiger partial charge on any atom is 0.422 e. The van der Waals surface area contributed by atoms with Gasteiger partial charge in [0.2, 0.25) is 0 Å². The van der Waals surface area contributed by atoms with Crippen LogP contribution in [0.1, 0.15) is 27.7 Å². The van der Waals surface area contributed by atoms with Crippen LogP contribution in [0.15, 0.2) is 30.3 Å². The second kappa shape index (κ2) is 5.83. The van der Waals surface area contributed by atoms with Gasteiger partial charge in [0.05, 0.1) is 0 Å². The number of hydrogen-bond donors (Lipinski definition) is 0. The van der Waals surface area contributed by atoms with Crippen LogP contribution in [-0.2, 0) is 13.3 Å². The molecule has 0 saturated carbocycles. The Labute approximate surface area is 124 Å². The van der Waals surface area contributed by atoms with E-state index >= 15 is 0 Å². The minimum atomic E-state index is -2.72. The summed E-state index contributed by atoms with van der Waals surface area (Å²) in [6.45, 7) is 14.3. The molecule has 0 aliphatic rings. The van der Waals surface area contributed by atoms with Gasteiger partial charge < -0.3 is 8.54 Å².